The third kappa shape index (κ3) is 1.30. The smallest absolute Gasteiger partial charge is 0.332 e. The summed E-state index contributed by atoms with van der Waals surface area (Å²) in [6, 6.07) is -0.559. The van der Waals surface area contributed by atoms with Crippen molar-refractivity contribution in [1.82, 2.24) is 10.0 Å². The average molecular weight is 178 g/mol. The van der Waals surface area contributed by atoms with Gasteiger partial charge in [0.15, 0.2) is 6.04 Å². The fourth-order valence-corrected chi connectivity index (χ4v) is 1.42. The van der Waals surface area contributed by atoms with Crippen molar-refractivity contribution in [3.8, 4) is 0 Å². The summed E-state index contributed by atoms with van der Waals surface area (Å²) < 4.78 is 0. The van der Waals surface area contributed by atoms with Crippen LogP contribution in [0.3, 0.4) is 0 Å². The summed E-state index contributed by atoms with van der Waals surface area (Å²) in [5, 5.41) is 12.4. The predicted molar refractivity (Wildman–Crippen MR) is 47.4 cm³/mol. The average Bonchev–Trinajstić information content (AvgIpc) is 2.36. The van der Waals surface area contributed by atoms with Crippen molar-refractivity contribution in [1.29, 1.82) is 0 Å². The van der Waals surface area contributed by atoms with E-state index in [1.54, 1.807) is 23.5 Å². The Morgan fingerprint density at radius 3 is 3.00 bits per heavy atom. The second-order valence-electron chi connectivity index (χ2n) is 2.90. The van der Waals surface area contributed by atoms with Gasteiger partial charge in [0.05, 0.1) is 6.54 Å². The van der Waals surface area contributed by atoms with Crippen LogP contribution in [0.15, 0.2) is 36.7 Å². The maximum atomic E-state index is 10.8. The van der Waals surface area contributed by atoms with Crippen molar-refractivity contribution >= 4 is 5.97 Å². The molecule has 4 nitrogen and oxygen atoms in total. The number of fused-ring (bicyclic) bond motifs is 1. The van der Waals surface area contributed by atoms with Gasteiger partial charge in [-0.25, -0.2) is 4.79 Å². The van der Waals surface area contributed by atoms with E-state index in [-0.39, 0.29) is 0 Å². The number of hydrogen-bond donors (Lipinski definition) is 1. The van der Waals surface area contributed by atoms with Gasteiger partial charge in [-0.15, -0.1) is 0 Å². The monoisotopic (exact) mass is 178 g/mol. The summed E-state index contributed by atoms with van der Waals surface area (Å²) in [4.78, 5) is 10.8. The van der Waals surface area contributed by atoms with Gasteiger partial charge in [0, 0.05) is 12.4 Å². The molecule has 2 heterocycles. The predicted octanol–water partition coefficient (Wildman–Crippen LogP) is 0.569. The van der Waals surface area contributed by atoms with Crippen molar-refractivity contribution in [2.75, 3.05) is 6.54 Å². The Labute approximate surface area is 76.0 Å². The molecule has 2 aliphatic heterocycles. The van der Waals surface area contributed by atoms with Crippen LogP contribution in [-0.4, -0.2) is 33.7 Å². The molecule has 0 aliphatic carbocycles. The summed E-state index contributed by atoms with van der Waals surface area (Å²) in [6.07, 6.45) is 11.0. The third-order valence-electron chi connectivity index (χ3n) is 2.05. The molecule has 0 unspecified atom stereocenters. The van der Waals surface area contributed by atoms with Crippen LogP contribution >= 0.6 is 0 Å². The summed E-state index contributed by atoms with van der Waals surface area (Å²) in [5.41, 5.74) is 0. The molecule has 13 heavy (non-hydrogen) atoms. The molecule has 0 saturated carbocycles. The molecule has 2 rings (SSSR count). The lowest BCUT2D eigenvalue weighted by Gasteiger charge is -2.28. The summed E-state index contributed by atoms with van der Waals surface area (Å²) in [5.74, 6) is -0.828. The molecule has 0 fully saturated rings. The lowest BCUT2D eigenvalue weighted by molar-refractivity contribution is -0.143. The lowest BCUT2D eigenvalue weighted by atomic mass is 10.3. The van der Waals surface area contributed by atoms with Gasteiger partial charge in [0.25, 0.3) is 0 Å². The van der Waals surface area contributed by atoms with E-state index in [1.807, 2.05) is 23.2 Å². The van der Waals surface area contributed by atoms with Crippen LogP contribution in [0.4, 0.5) is 0 Å². The molecule has 0 bridgehead atoms. The van der Waals surface area contributed by atoms with E-state index in [0.29, 0.717) is 6.54 Å². The van der Waals surface area contributed by atoms with Crippen molar-refractivity contribution in [3.63, 3.8) is 0 Å². The number of carbonyl (C=O) groups is 1. The van der Waals surface area contributed by atoms with Gasteiger partial charge in [0.2, 0.25) is 0 Å². The first-order valence-electron chi connectivity index (χ1n) is 4.08. The number of hydrazine groups is 1. The molecule has 0 aromatic heterocycles. The van der Waals surface area contributed by atoms with Crippen molar-refractivity contribution in [3.05, 3.63) is 36.7 Å². The van der Waals surface area contributed by atoms with E-state index in [1.165, 1.54) is 0 Å². The molecule has 68 valence electrons. The zero-order chi connectivity index (χ0) is 9.26. The van der Waals surface area contributed by atoms with Gasteiger partial charge in [-0.3, -0.25) is 10.0 Å². The Bertz CT molecular complexity index is 307. The van der Waals surface area contributed by atoms with Crippen LogP contribution in [0.2, 0.25) is 0 Å². The standard InChI is InChI=1S/C9H10N2O2/c12-9(13)8-4-7-10-5-2-1-3-6-11(8)10/h1-4,6-8H,5H2,(H,12,13)/t8-/m1/s1. The van der Waals surface area contributed by atoms with E-state index in [0.717, 1.165) is 0 Å². The summed E-state index contributed by atoms with van der Waals surface area (Å²) in [7, 11) is 0. The van der Waals surface area contributed by atoms with E-state index >= 15 is 0 Å². The molecule has 1 N–H and O–H groups in total. The third-order valence-corrected chi connectivity index (χ3v) is 2.05. The highest BCUT2D eigenvalue weighted by molar-refractivity contribution is 5.76. The van der Waals surface area contributed by atoms with E-state index in [2.05, 4.69) is 0 Å². The number of rotatable bonds is 1. The second kappa shape index (κ2) is 2.97. The second-order valence-corrected chi connectivity index (χ2v) is 2.90. The Hall–Kier alpha value is -1.71. The zero-order valence-electron chi connectivity index (χ0n) is 7.00. The van der Waals surface area contributed by atoms with Crippen molar-refractivity contribution in [2.45, 2.75) is 6.04 Å². The number of carboxylic acid groups (broad SMARTS) is 1. The van der Waals surface area contributed by atoms with Crippen LogP contribution in [0, 0.1) is 0 Å². The minimum atomic E-state index is -0.828. The molecule has 0 aromatic rings. The lowest BCUT2D eigenvalue weighted by Crippen LogP contribution is -2.40. The molecule has 0 spiro atoms. The van der Waals surface area contributed by atoms with E-state index < -0.39 is 12.0 Å². The number of carboxylic acids is 1. The topological polar surface area (TPSA) is 43.8 Å². The normalized spacial score (nSPS) is 24.8. The minimum absolute atomic E-state index is 0.559. The molecule has 2 aliphatic rings. The van der Waals surface area contributed by atoms with Gasteiger partial charge in [0.1, 0.15) is 0 Å². The largest absolute Gasteiger partial charge is 0.479 e. The molecule has 0 radical (unpaired) electrons. The molecular formula is C9H10N2O2. The fraction of sp³-hybridized carbons (Fsp3) is 0.222. The Kier molecular flexibility index (Phi) is 1.81. The van der Waals surface area contributed by atoms with Crippen LogP contribution in [0.5, 0.6) is 0 Å². The van der Waals surface area contributed by atoms with Crippen molar-refractivity contribution in [2.24, 2.45) is 0 Å². The maximum absolute atomic E-state index is 10.8. The maximum Gasteiger partial charge on any atom is 0.332 e. The van der Waals surface area contributed by atoms with E-state index in [4.69, 9.17) is 5.11 Å². The Balaban J connectivity index is 2.22. The highest BCUT2D eigenvalue weighted by atomic mass is 16.4. The quantitative estimate of drug-likeness (QED) is 0.637. The van der Waals surface area contributed by atoms with Gasteiger partial charge in [-0.05, 0) is 12.2 Å². The zero-order valence-corrected chi connectivity index (χ0v) is 7.00. The first-order valence-corrected chi connectivity index (χ1v) is 4.08. The van der Waals surface area contributed by atoms with Gasteiger partial charge in [-0.1, -0.05) is 12.2 Å². The van der Waals surface area contributed by atoms with Crippen LogP contribution in [0.1, 0.15) is 0 Å². The van der Waals surface area contributed by atoms with E-state index in [9.17, 15) is 4.79 Å². The van der Waals surface area contributed by atoms with Gasteiger partial charge < -0.3 is 5.11 Å². The first kappa shape index (κ1) is 7.91. The van der Waals surface area contributed by atoms with Crippen molar-refractivity contribution < 1.29 is 9.90 Å². The SMILES string of the molecule is O=C(O)[C@H]1C=CN2CC=CC=CN12. The number of hydrogen-bond acceptors (Lipinski definition) is 3. The molecule has 1 atom stereocenters. The number of aliphatic carboxylic acids is 1. The Morgan fingerprint density at radius 1 is 1.38 bits per heavy atom. The highest BCUT2D eigenvalue weighted by Gasteiger charge is 2.28. The molecule has 0 saturated heterocycles. The van der Waals surface area contributed by atoms with Gasteiger partial charge in [-0.2, -0.15) is 0 Å². The molecule has 0 amide bonds. The van der Waals surface area contributed by atoms with Crippen LogP contribution in [0.25, 0.3) is 0 Å². The number of allylic oxidation sites excluding steroid dienone is 2. The first-order chi connectivity index (χ1) is 6.29. The molecular weight excluding hydrogens is 168 g/mol. The summed E-state index contributed by atoms with van der Waals surface area (Å²) >= 11 is 0. The Morgan fingerprint density at radius 2 is 2.23 bits per heavy atom. The van der Waals surface area contributed by atoms with Crippen LogP contribution in [-0.2, 0) is 4.79 Å². The summed E-state index contributed by atoms with van der Waals surface area (Å²) in [6.45, 7) is 0.716. The highest BCUT2D eigenvalue weighted by Crippen LogP contribution is 2.17. The van der Waals surface area contributed by atoms with Gasteiger partial charge >= 0.3 is 5.97 Å². The number of nitrogens with zero attached hydrogens (tertiary/aromatic N) is 2. The molecule has 4 heteroatoms. The minimum Gasteiger partial charge on any atom is -0.479 e. The molecule has 0 aromatic carbocycles. The van der Waals surface area contributed by atoms with Crippen LogP contribution < -0.4 is 0 Å². The fourth-order valence-electron chi connectivity index (χ4n) is 1.42.